The summed E-state index contributed by atoms with van der Waals surface area (Å²) >= 11 is 5.93. The van der Waals surface area contributed by atoms with Gasteiger partial charge < -0.3 is 4.74 Å². The second-order valence-corrected chi connectivity index (χ2v) is 3.64. The monoisotopic (exact) mass is 262 g/mol. The Morgan fingerprint density at radius 1 is 1.35 bits per heavy atom. The van der Waals surface area contributed by atoms with E-state index < -0.39 is 13.0 Å². The molecule has 2 aromatic rings. The van der Waals surface area contributed by atoms with Gasteiger partial charge in [0.1, 0.15) is 17.6 Å². The van der Waals surface area contributed by atoms with Crippen molar-refractivity contribution in [1.29, 1.82) is 0 Å². The number of nitrogens with zero attached hydrogens (tertiary/aromatic N) is 4. The lowest BCUT2D eigenvalue weighted by Crippen LogP contribution is -2.08. The van der Waals surface area contributed by atoms with E-state index in [0.717, 1.165) is 0 Å². The van der Waals surface area contributed by atoms with E-state index in [1.54, 1.807) is 4.40 Å². The molecule has 0 saturated carbocycles. The number of rotatable bonds is 5. The molecule has 8 heteroatoms. The molecule has 0 aliphatic carbocycles. The van der Waals surface area contributed by atoms with E-state index in [1.807, 2.05) is 0 Å². The molecular weight excluding hydrogens is 254 g/mol. The van der Waals surface area contributed by atoms with E-state index in [-0.39, 0.29) is 6.61 Å². The number of alkyl halides is 2. The van der Waals surface area contributed by atoms with Crippen LogP contribution in [0, 0.1) is 0 Å². The molecule has 0 bridgehead atoms. The van der Waals surface area contributed by atoms with Crippen molar-refractivity contribution in [3.05, 3.63) is 23.4 Å². The molecule has 0 aliphatic heterocycles. The molecular formula is C9H9ClF2N4O. The Bertz CT molecular complexity index is 505. The molecule has 0 amide bonds. The fraction of sp³-hybridized carbons (Fsp3) is 0.444. The first kappa shape index (κ1) is 12.1. The molecule has 0 N–H and O–H groups in total. The molecule has 0 aliphatic rings. The van der Waals surface area contributed by atoms with Gasteiger partial charge in [-0.2, -0.15) is 0 Å². The van der Waals surface area contributed by atoms with Crippen LogP contribution in [0.3, 0.4) is 0 Å². The highest BCUT2D eigenvalue weighted by Crippen LogP contribution is 2.12. The average molecular weight is 263 g/mol. The zero-order chi connectivity index (χ0) is 12.3. The van der Waals surface area contributed by atoms with Crippen LogP contribution in [0.15, 0.2) is 12.4 Å². The third-order valence-electron chi connectivity index (χ3n) is 2.05. The van der Waals surface area contributed by atoms with E-state index in [9.17, 15) is 8.78 Å². The molecule has 0 saturated heterocycles. The summed E-state index contributed by atoms with van der Waals surface area (Å²) in [6.07, 6.45) is 0.875. The lowest BCUT2D eigenvalue weighted by atomic mass is 10.4. The van der Waals surface area contributed by atoms with Gasteiger partial charge in [0, 0.05) is 6.42 Å². The maximum Gasteiger partial charge on any atom is 0.261 e. The molecule has 2 heterocycles. The second-order valence-electron chi connectivity index (χ2n) is 3.26. The van der Waals surface area contributed by atoms with Crippen LogP contribution in [-0.4, -0.2) is 39.2 Å². The molecule has 2 aromatic heterocycles. The lowest BCUT2D eigenvalue weighted by molar-refractivity contribution is 0.0182. The van der Waals surface area contributed by atoms with Gasteiger partial charge in [-0.1, -0.05) is 11.6 Å². The van der Waals surface area contributed by atoms with Crippen LogP contribution in [0.5, 0.6) is 0 Å². The van der Waals surface area contributed by atoms with Gasteiger partial charge in [0.15, 0.2) is 5.65 Å². The molecule has 0 unspecified atom stereocenters. The smallest absolute Gasteiger partial charge is 0.261 e. The van der Waals surface area contributed by atoms with Crippen LogP contribution >= 0.6 is 11.6 Å². The number of hydrogen-bond acceptors (Lipinski definition) is 4. The summed E-state index contributed by atoms with van der Waals surface area (Å²) in [5.74, 6) is 0.557. The number of aromatic nitrogens is 4. The average Bonchev–Trinajstić information content (AvgIpc) is 2.69. The SMILES string of the molecule is FC(F)COCCc1nnc2cncc(Cl)n12. The standard InChI is InChI=1S/C9H9ClF2N4O/c10-6-3-13-4-9-15-14-8(16(6)9)1-2-17-5-7(11)12/h3-4,7H,1-2,5H2. The summed E-state index contributed by atoms with van der Waals surface area (Å²) < 4.78 is 30.0. The third-order valence-corrected chi connectivity index (χ3v) is 2.32. The number of fused-ring (bicyclic) bond motifs is 1. The number of ether oxygens (including phenoxy) is 1. The van der Waals surface area contributed by atoms with E-state index in [2.05, 4.69) is 15.2 Å². The first-order valence-corrected chi connectivity index (χ1v) is 5.25. The molecule has 0 fully saturated rings. The largest absolute Gasteiger partial charge is 0.375 e. The summed E-state index contributed by atoms with van der Waals surface area (Å²) in [7, 11) is 0. The van der Waals surface area contributed by atoms with Crippen molar-refractivity contribution >= 4 is 17.2 Å². The summed E-state index contributed by atoms with van der Waals surface area (Å²) in [5.41, 5.74) is 0.515. The number of halogens is 3. The molecule has 92 valence electrons. The highest BCUT2D eigenvalue weighted by atomic mass is 35.5. The van der Waals surface area contributed by atoms with Gasteiger partial charge >= 0.3 is 0 Å². The van der Waals surface area contributed by atoms with Crippen LogP contribution < -0.4 is 0 Å². The summed E-state index contributed by atoms with van der Waals surface area (Å²) in [5, 5.41) is 8.12. The Balaban J connectivity index is 2.04. The number of hydrogen-bond donors (Lipinski definition) is 0. The predicted octanol–water partition coefficient (Wildman–Crippen LogP) is 1.60. The Morgan fingerprint density at radius 2 is 2.18 bits per heavy atom. The van der Waals surface area contributed by atoms with Crippen LogP contribution in [0.2, 0.25) is 5.15 Å². The molecule has 0 atom stereocenters. The summed E-state index contributed by atoms with van der Waals surface area (Å²) in [6, 6.07) is 0. The topological polar surface area (TPSA) is 52.3 Å². The maximum absolute atomic E-state index is 11.8. The van der Waals surface area contributed by atoms with Gasteiger partial charge in [0.2, 0.25) is 0 Å². The van der Waals surface area contributed by atoms with Crippen molar-refractivity contribution in [3.8, 4) is 0 Å². The minimum absolute atomic E-state index is 0.143. The molecule has 5 nitrogen and oxygen atoms in total. The first-order valence-electron chi connectivity index (χ1n) is 4.88. The van der Waals surface area contributed by atoms with Crippen LogP contribution in [0.4, 0.5) is 8.78 Å². The molecule has 0 aromatic carbocycles. The minimum atomic E-state index is -2.46. The first-order chi connectivity index (χ1) is 8.18. The summed E-state index contributed by atoms with van der Waals surface area (Å²) in [4.78, 5) is 3.86. The van der Waals surface area contributed by atoms with Gasteiger partial charge in [-0.05, 0) is 0 Å². The highest BCUT2D eigenvalue weighted by Gasteiger charge is 2.09. The summed E-state index contributed by atoms with van der Waals surface area (Å²) in [6.45, 7) is -0.435. The van der Waals surface area contributed by atoms with Crippen LogP contribution in [0.25, 0.3) is 5.65 Å². The Hall–Kier alpha value is -1.34. The van der Waals surface area contributed by atoms with E-state index in [0.29, 0.717) is 23.0 Å². The van der Waals surface area contributed by atoms with Crippen molar-refractivity contribution in [1.82, 2.24) is 19.6 Å². The van der Waals surface area contributed by atoms with Gasteiger partial charge in [-0.25, -0.2) is 8.78 Å². The Kier molecular flexibility index (Phi) is 3.80. The highest BCUT2D eigenvalue weighted by molar-refractivity contribution is 6.29. The minimum Gasteiger partial charge on any atom is -0.375 e. The maximum atomic E-state index is 11.8. The Morgan fingerprint density at radius 3 is 2.94 bits per heavy atom. The molecule has 2 rings (SSSR count). The lowest BCUT2D eigenvalue weighted by Gasteiger charge is -2.03. The van der Waals surface area contributed by atoms with Gasteiger partial charge in [-0.15, -0.1) is 10.2 Å². The molecule has 0 spiro atoms. The van der Waals surface area contributed by atoms with Crippen molar-refractivity contribution in [2.75, 3.05) is 13.2 Å². The molecule has 17 heavy (non-hydrogen) atoms. The predicted molar refractivity (Wildman–Crippen MR) is 56.3 cm³/mol. The van der Waals surface area contributed by atoms with Crippen LogP contribution in [-0.2, 0) is 11.2 Å². The fourth-order valence-electron chi connectivity index (χ4n) is 1.37. The van der Waals surface area contributed by atoms with E-state index in [4.69, 9.17) is 16.3 Å². The van der Waals surface area contributed by atoms with Gasteiger partial charge in [-0.3, -0.25) is 9.38 Å². The van der Waals surface area contributed by atoms with E-state index in [1.165, 1.54) is 12.4 Å². The zero-order valence-corrected chi connectivity index (χ0v) is 9.44. The third kappa shape index (κ3) is 2.86. The van der Waals surface area contributed by atoms with Crippen molar-refractivity contribution in [2.24, 2.45) is 0 Å². The quantitative estimate of drug-likeness (QED) is 0.768. The molecule has 0 radical (unpaired) electrons. The van der Waals surface area contributed by atoms with E-state index >= 15 is 0 Å². The zero-order valence-electron chi connectivity index (χ0n) is 8.68. The second kappa shape index (κ2) is 5.33. The van der Waals surface area contributed by atoms with Crippen molar-refractivity contribution in [3.63, 3.8) is 0 Å². The van der Waals surface area contributed by atoms with Gasteiger partial charge in [0.05, 0.1) is 19.0 Å². The van der Waals surface area contributed by atoms with Crippen molar-refractivity contribution < 1.29 is 13.5 Å². The Labute approximate surface area is 100 Å². The van der Waals surface area contributed by atoms with Crippen LogP contribution in [0.1, 0.15) is 5.82 Å². The fourth-order valence-corrected chi connectivity index (χ4v) is 1.61. The van der Waals surface area contributed by atoms with Crippen molar-refractivity contribution in [2.45, 2.75) is 12.8 Å². The normalized spacial score (nSPS) is 11.5. The van der Waals surface area contributed by atoms with Gasteiger partial charge in [0.25, 0.3) is 6.43 Å².